The fourth-order valence-electron chi connectivity index (χ4n) is 4.81. The van der Waals surface area contributed by atoms with Crippen LogP contribution in [0.2, 0.25) is 0 Å². The quantitative estimate of drug-likeness (QED) is 0.844. The summed E-state index contributed by atoms with van der Waals surface area (Å²) < 4.78 is 28.7. The highest BCUT2D eigenvalue weighted by Crippen LogP contribution is 2.38. The van der Waals surface area contributed by atoms with Gasteiger partial charge in [0.2, 0.25) is 0 Å². The van der Waals surface area contributed by atoms with E-state index in [1.165, 1.54) is 6.07 Å². The van der Waals surface area contributed by atoms with E-state index >= 15 is 0 Å². The van der Waals surface area contributed by atoms with E-state index in [2.05, 4.69) is 15.5 Å². The summed E-state index contributed by atoms with van der Waals surface area (Å²) in [5.41, 5.74) is 1.31. The third kappa shape index (κ3) is 2.36. The van der Waals surface area contributed by atoms with Gasteiger partial charge in [0.15, 0.2) is 11.6 Å². The molecular weight excluding hydrogens is 326 g/mol. The van der Waals surface area contributed by atoms with E-state index in [1.54, 1.807) is 4.90 Å². The second kappa shape index (κ2) is 5.64. The fraction of sp³-hybridized carbons (Fsp3) is 0.611. The predicted octanol–water partition coefficient (Wildman–Crippen LogP) is 1.22. The van der Waals surface area contributed by atoms with E-state index in [0.29, 0.717) is 29.9 Å². The number of halogens is 2. The first-order chi connectivity index (χ1) is 12.1. The molecule has 2 bridgehead atoms. The number of piperidine rings is 2. The van der Waals surface area contributed by atoms with E-state index in [0.717, 1.165) is 45.4 Å². The van der Waals surface area contributed by atoms with Gasteiger partial charge in [0.25, 0.3) is 5.91 Å². The predicted molar refractivity (Wildman–Crippen MR) is 89.7 cm³/mol. The molecule has 4 saturated heterocycles. The first-order valence-electron chi connectivity index (χ1n) is 9.15. The second-order valence-electron chi connectivity index (χ2n) is 7.68. The van der Waals surface area contributed by atoms with Crippen molar-refractivity contribution < 1.29 is 13.6 Å². The van der Waals surface area contributed by atoms with Crippen molar-refractivity contribution in [1.29, 1.82) is 0 Å². The van der Waals surface area contributed by atoms with Crippen LogP contribution in [0.4, 0.5) is 14.5 Å². The van der Waals surface area contributed by atoms with Crippen molar-refractivity contribution in [2.24, 2.45) is 0 Å². The number of amides is 1. The number of carbonyl (C=O) groups excluding carboxylic acids is 1. The second-order valence-corrected chi connectivity index (χ2v) is 7.68. The molecule has 5 aliphatic rings. The first kappa shape index (κ1) is 15.5. The van der Waals surface area contributed by atoms with Crippen molar-refractivity contribution in [2.45, 2.75) is 43.9 Å². The van der Waals surface area contributed by atoms with Crippen molar-refractivity contribution >= 4 is 11.6 Å². The molecule has 25 heavy (non-hydrogen) atoms. The van der Waals surface area contributed by atoms with E-state index in [4.69, 9.17) is 0 Å². The standard InChI is InChI=1S/C18H22F2N4O/c19-14-5-15(23-7-10-4-11(8-23)22-10)13-9-24(12-2-1-3-21-6-12)18(25)16(13)17(14)20/h5,10-12,21-22H,1-4,6-9H2. The molecule has 0 aliphatic carbocycles. The summed E-state index contributed by atoms with van der Waals surface area (Å²) in [6.07, 6.45) is 3.04. The number of anilines is 1. The summed E-state index contributed by atoms with van der Waals surface area (Å²) in [6, 6.07) is 2.17. The normalized spacial score (nSPS) is 31.1. The number of nitrogens with one attached hydrogen (secondary N) is 2. The van der Waals surface area contributed by atoms with Crippen molar-refractivity contribution in [3.8, 4) is 0 Å². The highest BCUT2D eigenvalue weighted by Gasteiger charge is 2.42. The molecule has 1 aromatic rings. The average Bonchev–Trinajstić information content (AvgIpc) is 2.96. The third-order valence-electron chi connectivity index (χ3n) is 6.08. The Labute approximate surface area is 145 Å². The van der Waals surface area contributed by atoms with Crippen LogP contribution >= 0.6 is 0 Å². The highest BCUT2D eigenvalue weighted by atomic mass is 19.2. The monoisotopic (exact) mass is 348 g/mol. The molecule has 0 aromatic heterocycles. The molecule has 1 amide bonds. The lowest BCUT2D eigenvalue weighted by Gasteiger charge is -2.49. The van der Waals surface area contributed by atoms with Crippen molar-refractivity contribution in [2.75, 3.05) is 31.1 Å². The lowest BCUT2D eigenvalue weighted by Crippen LogP contribution is -2.67. The molecule has 5 heterocycles. The Balaban J connectivity index is 1.51. The molecule has 2 N–H and O–H groups in total. The van der Waals surface area contributed by atoms with Gasteiger partial charge in [0.05, 0.1) is 5.56 Å². The maximum Gasteiger partial charge on any atom is 0.257 e. The summed E-state index contributed by atoms with van der Waals surface area (Å²) in [4.78, 5) is 16.7. The summed E-state index contributed by atoms with van der Waals surface area (Å²) in [6.45, 7) is 3.62. The molecule has 0 radical (unpaired) electrons. The molecular formula is C18H22F2N4O. The fourth-order valence-corrected chi connectivity index (χ4v) is 4.81. The summed E-state index contributed by atoms with van der Waals surface area (Å²) in [5, 5.41) is 6.74. The van der Waals surface area contributed by atoms with Crippen LogP contribution in [0.25, 0.3) is 0 Å². The average molecular weight is 348 g/mol. The molecule has 4 fully saturated rings. The smallest absolute Gasteiger partial charge is 0.257 e. The molecule has 6 rings (SSSR count). The van der Waals surface area contributed by atoms with Gasteiger partial charge in [-0.2, -0.15) is 0 Å². The number of fused-ring (bicyclic) bond motifs is 3. The largest absolute Gasteiger partial charge is 0.368 e. The number of benzene rings is 1. The topological polar surface area (TPSA) is 47.6 Å². The summed E-state index contributed by atoms with van der Waals surface area (Å²) in [5.74, 6) is -2.27. The van der Waals surface area contributed by atoms with Gasteiger partial charge in [-0.3, -0.25) is 4.79 Å². The van der Waals surface area contributed by atoms with Gasteiger partial charge in [-0.25, -0.2) is 8.78 Å². The molecule has 5 aliphatic heterocycles. The summed E-state index contributed by atoms with van der Waals surface area (Å²) >= 11 is 0. The van der Waals surface area contributed by atoms with Crippen LogP contribution in [0, 0.1) is 11.6 Å². The Hall–Kier alpha value is -1.73. The van der Waals surface area contributed by atoms with Crippen molar-refractivity contribution in [1.82, 2.24) is 15.5 Å². The van der Waals surface area contributed by atoms with Crippen LogP contribution in [0.15, 0.2) is 6.07 Å². The van der Waals surface area contributed by atoms with Crippen molar-refractivity contribution in [3.63, 3.8) is 0 Å². The van der Waals surface area contributed by atoms with Gasteiger partial charge < -0.3 is 20.4 Å². The van der Waals surface area contributed by atoms with E-state index in [1.807, 2.05) is 0 Å². The molecule has 0 spiro atoms. The molecule has 5 nitrogen and oxygen atoms in total. The number of carbonyl (C=O) groups is 1. The SMILES string of the molecule is O=C1c2c(F)c(F)cc(N3CC4CC(C3)N4)c2CN1C1CCCNC1. The Morgan fingerprint density at radius 3 is 2.64 bits per heavy atom. The van der Waals surface area contributed by atoms with Crippen LogP contribution < -0.4 is 15.5 Å². The van der Waals surface area contributed by atoms with E-state index < -0.39 is 11.6 Å². The van der Waals surface area contributed by atoms with Crippen LogP contribution in [0.1, 0.15) is 35.2 Å². The lowest BCUT2D eigenvalue weighted by molar-refractivity contribution is 0.0671. The van der Waals surface area contributed by atoms with Gasteiger partial charge in [0, 0.05) is 61.6 Å². The number of hydrogen-bond acceptors (Lipinski definition) is 4. The van der Waals surface area contributed by atoms with Gasteiger partial charge in [-0.15, -0.1) is 0 Å². The zero-order valence-corrected chi connectivity index (χ0v) is 14.0. The van der Waals surface area contributed by atoms with Crippen LogP contribution in [0.5, 0.6) is 0 Å². The van der Waals surface area contributed by atoms with Crippen LogP contribution in [0.3, 0.4) is 0 Å². The van der Waals surface area contributed by atoms with Crippen molar-refractivity contribution in [3.05, 3.63) is 28.8 Å². The Bertz CT molecular complexity index is 718. The molecule has 1 aromatic carbocycles. The number of rotatable bonds is 2. The third-order valence-corrected chi connectivity index (χ3v) is 6.08. The maximum absolute atomic E-state index is 14.5. The molecule has 0 saturated carbocycles. The minimum atomic E-state index is -0.990. The minimum Gasteiger partial charge on any atom is -0.368 e. The molecule has 7 heteroatoms. The number of nitrogens with zero attached hydrogens (tertiary/aromatic N) is 2. The van der Waals surface area contributed by atoms with Gasteiger partial charge in [-0.05, 0) is 25.8 Å². The molecule has 134 valence electrons. The first-order valence-corrected chi connectivity index (χ1v) is 9.15. The van der Waals surface area contributed by atoms with Gasteiger partial charge in [0.1, 0.15) is 0 Å². The number of hydrogen-bond donors (Lipinski definition) is 2. The molecule has 3 atom stereocenters. The Morgan fingerprint density at radius 2 is 1.96 bits per heavy atom. The van der Waals surface area contributed by atoms with Gasteiger partial charge >= 0.3 is 0 Å². The lowest BCUT2D eigenvalue weighted by atomic mass is 9.90. The molecule has 3 unspecified atom stereocenters. The zero-order chi connectivity index (χ0) is 17.1. The zero-order valence-electron chi connectivity index (χ0n) is 14.0. The minimum absolute atomic E-state index is 0.0484. The van der Waals surface area contributed by atoms with E-state index in [-0.39, 0.29) is 17.5 Å². The summed E-state index contributed by atoms with van der Waals surface area (Å²) in [7, 11) is 0. The van der Waals surface area contributed by atoms with E-state index in [9.17, 15) is 13.6 Å². The number of piperazine rings is 1. The maximum atomic E-state index is 14.5. The van der Waals surface area contributed by atoms with Gasteiger partial charge in [-0.1, -0.05) is 0 Å². The van der Waals surface area contributed by atoms with Crippen LogP contribution in [-0.4, -0.2) is 55.1 Å². The highest BCUT2D eigenvalue weighted by molar-refractivity contribution is 6.00. The van der Waals surface area contributed by atoms with Crippen LogP contribution in [-0.2, 0) is 6.54 Å². The Kier molecular flexibility index (Phi) is 3.50. The Morgan fingerprint density at radius 1 is 1.20 bits per heavy atom.